The normalized spacial score (nSPS) is 18.8. The van der Waals surface area contributed by atoms with E-state index >= 15 is 0 Å². The molecule has 1 N–H and O–H groups in total. The highest BCUT2D eigenvalue weighted by Gasteiger charge is 2.21. The molecule has 0 aliphatic carbocycles. The summed E-state index contributed by atoms with van der Waals surface area (Å²) in [5, 5.41) is 4.02. The molecule has 0 spiro atoms. The van der Waals surface area contributed by atoms with Gasteiger partial charge < -0.3 is 15.0 Å². The molecule has 5 nitrogen and oxygen atoms in total. The monoisotopic (exact) mass is 437 g/mol. The zero-order chi connectivity index (χ0) is 21.8. The minimum absolute atomic E-state index is 0.259. The molecular weight excluding hydrogens is 406 g/mol. The lowest BCUT2D eigenvalue weighted by Crippen LogP contribution is -2.38. The van der Waals surface area contributed by atoms with Gasteiger partial charge in [0.2, 0.25) is 5.91 Å². The molecular formula is C25H31N3O2S. The van der Waals surface area contributed by atoms with E-state index in [1.807, 2.05) is 18.0 Å². The van der Waals surface area contributed by atoms with Crippen molar-refractivity contribution in [3.63, 3.8) is 0 Å². The van der Waals surface area contributed by atoms with Crippen LogP contribution in [0.3, 0.4) is 0 Å². The molecule has 1 aromatic carbocycles. The second kappa shape index (κ2) is 9.69. The molecule has 2 aliphatic heterocycles. The number of hydrogen-bond donors (Lipinski definition) is 1. The molecule has 31 heavy (non-hydrogen) atoms. The van der Waals surface area contributed by atoms with E-state index < -0.39 is 0 Å². The Morgan fingerprint density at radius 2 is 2.16 bits per heavy atom. The van der Waals surface area contributed by atoms with Gasteiger partial charge in [-0.25, -0.2) is 4.98 Å². The molecule has 1 amide bonds. The first-order valence-electron chi connectivity index (χ1n) is 11.1. The number of carbonyl (C=O) groups is 1. The second-order valence-electron chi connectivity index (χ2n) is 8.66. The summed E-state index contributed by atoms with van der Waals surface area (Å²) in [4.78, 5) is 20.3. The number of rotatable bonds is 5. The largest absolute Gasteiger partial charge is 0.493 e. The number of nitrogens with zero attached hydrogens (tertiary/aromatic N) is 2. The third kappa shape index (κ3) is 5.56. The number of fused-ring (bicyclic) bond motifs is 1. The van der Waals surface area contributed by atoms with Crippen molar-refractivity contribution in [2.75, 3.05) is 25.0 Å². The summed E-state index contributed by atoms with van der Waals surface area (Å²) in [5.41, 5.74) is 4.34. The van der Waals surface area contributed by atoms with Crippen molar-refractivity contribution in [2.24, 2.45) is 5.92 Å². The van der Waals surface area contributed by atoms with E-state index in [0.29, 0.717) is 13.0 Å². The van der Waals surface area contributed by atoms with Crippen LogP contribution in [0.2, 0.25) is 0 Å². The highest BCUT2D eigenvalue weighted by atomic mass is 32.1. The fraction of sp³-hybridized carbons (Fsp3) is 0.440. The topological polar surface area (TPSA) is 54.5 Å². The Balaban J connectivity index is 1.45. The van der Waals surface area contributed by atoms with Crippen LogP contribution in [0.25, 0.3) is 10.4 Å². The second-order valence-corrected chi connectivity index (χ2v) is 9.69. The molecule has 4 rings (SSSR count). The summed E-state index contributed by atoms with van der Waals surface area (Å²) in [6.45, 7) is 10.5. The van der Waals surface area contributed by atoms with Gasteiger partial charge in [-0.1, -0.05) is 36.5 Å². The SMILES string of the molecule is C=C(C)Nc1ncc(-c2ccc3c(c2)C/C=C(/CC(=O)N2CCC(C)CC2)CCO3)s1. The highest BCUT2D eigenvalue weighted by Crippen LogP contribution is 2.34. The number of piperidine rings is 1. The Labute approximate surface area is 188 Å². The number of thiazole rings is 1. The number of likely N-dealkylation sites (tertiary alicyclic amines) is 1. The number of amides is 1. The molecule has 0 bridgehead atoms. The zero-order valence-corrected chi connectivity index (χ0v) is 19.3. The fourth-order valence-corrected chi connectivity index (χ4v) is 4.94. The minimum Gasteiger partial charge on any atom is -0.493 e. The quantitative estimate of drug-likeness (QED) is 0.614. The van der Waals surface area contributed by atoms with Crippen LogP contribution in [0.15, 0.2) is 48.3 Å². The molecule has 0 unspecified atom stereocenters. The molecule has 164 valence electrons. The van der Waals surface area contributed by atoms with Crippen LogP contribution in [0.4, 0.5) is 5.13 Å². The highest BCUT2D eigenvalue weighted by molar-refractivity contribution is 7.18. The molecule has 0 radical (unpaired) electrons. The number of allylic oxidation sites excluding steroid dienone is 2. The van der Waals surface area contributed by atoms with Gasteiger partial charge in [0.1, 0.15) is 5.75 Å². The van der Waals surface area contributed by atoms with Crippen LogP contribution >= 0.6 is 11.3 Å². The van der Waals surface area contributed by atoms with E-state index in [2.05, 4.69) is 48.1 Å². The van der Waals surface area contributed by atoms with Crippen LogP contribution in [0.1, 0.15) is 45.1 Å². The van der Waals surface area contributed by atoms with Gasteiger partial charge in [0.25, 0.3) is 0 Å². The minimum atomic E-state index is 0.259. The molecule has 1 aromatic heterocycles. The number of nitrogens with one attached hydrogen (secondary N) is 1. The summed E-state index contributed by atoms with van der Waals surface area (Å²) in [7, 11) is 0. The maximum Gasteiger partial charge on any atom is 0.226 e. The van der Waals surface area contributed by atoms with Crippen molar-refractivity contribution < 1.29 is 9.53 Å². The lowest BCUT2D eigenvalue weighted by molar-refractivity contribution is -0.131. The molecule has 2 aliphatic rings. The summed E-state index contributed by atoms with van der Waals surface area (Å²) >= 11 is 1.61. The zero-order valence-electron chi connectivity index (χ0n) is 18.4. The molecule has 6 heteroatoms. The van der Waals surface area contributed by atoms with E-state index in [-0.39, 0.29) is 5.91 Å². The Hall–Kier alpha value is -2.60. The first-order chi connectivity index (χ1) is 15.0. The van der Waals surface area contributed by atoms with Gasteiger partial charge in [0.15, 0.2) is 5.13 Å². The van der Waals surface area contributed by atoms with Gasteiger partial charge in [-0.3, -0.25) is 4.79 Å². The average molecular weight is 438 g/mol. The van der Waals surface area contributed by atoms with Crippen molar-refractivity contribution in [3.8, 4) is 16.2 Å². The van der Waals surface area contributed by atoms with E-state index in [0.717, 1.165) is 77.3 Å². The Bertz CT molecular complexity index is 986. The van der Waals surface area contributed by atoms with Gasteiger partial charge in [-0.15, -0.1) is 0 Å². The molecule has 1 saturated heterocycles. The Kier molecular flexibility index (Phi) is 6.76. The van der Waals surface area contributed by atoms with E-state index in [1.165, 1.54) is 5.57 Å². The summed E-state index contributed by atoms with van der Waals surface area (Å²) < 4.78 is 6.05. The van der Waals surface area contributed by atoms with E-state index in [4.69, 9.17) is 4.74 Å². The van der Waals surface area contributed by atoms with Crippen LogP contribution < -0.4 is 10.1 Å². The standard InChI is InChI=1S/C25H31N3O2S/c1-17(2)27-25-26-16-23(31-25)21-6-7-22-20(15-21)5-4-19(10-13-30-22)14-24(29)28-11-8-18(3)9-12-28/h4,6-7,15-16,18H,1,5,8-14H2,2-3H3,(H,26,27)/b19-4+. The van der Waals surface area contributed by atoms with E-state index in [1.54, 1.807) is 11.3 Å². The molecule has 3 heterocycles. The number of benzene rings is 1. The van der Waals surface area contributed by atoms with Crippen molar-refractivity contribution in [3.05, 3.63) is 53.9 Å². The Morgan fingerprint density at radius 1 is 1.35 bits per heavy atom. The van der Waals surface area contributed by atoms with E-state index in [9.17, 15) is 4.79 Å². The smallest absolute Gasteiger partial charge is 0.226 e. The predicted octanol–water partition coefficient (Wildman–Crippen LogP) is 5.66. The summed E-state index contributed by atoms with van der Waals surface area (Å²) in [5.74, 6) is 1.92. The molecule has 0 saturated carbocycles. The predicted molar refractivity (Wildman–Crippen MR) is 127 cm³/mol. The van der Waals surface area contributed by atoms with Crippen molar-refractivity contribution in [1.29, 1.82) is 0 Å². The van der Waals surface area contributed by atoms with Crippen molar-refractivity contribution >= 4 is 22.4 Å². The van der Waals surface area contributed by atoms with Crippen LogP contribution in [0, 0.1) is 5.92 Å². The number of hydrogen-bond acceptors (Lipinski definition) is 5. The first kappa shape index (κ1) is 21.6. The third-order valence-electron chi connectivity index (χ3n) is 5.98. The Morgan fingerprint density at radius 3 is 2.94 bits per heavy atom. The molecule has 0 atom stereocenters. The third-order valence-corrected chi connectivity index (χ3v) is 6.94. The van der Waals surface area contributed by atoms with Gasteiger partial charge in [-0.05, 0) is 61.4 Å². The van der Waals surface area contributed by atoms with Crippen LogP contribution in [0.5, 0.6) is 5.75 Å². The van der Waals surface area contributed by atoms with Gasteiger partial charge in [0, 0.05) is 37.8 Å². The lowest BCUT2D eigenvalue weighted by Gasteiger charge is -2.30. The molecule has 2 aromatic rings. The summed E-state index contributed by atoms with van der Waals surface area (Å²) in [6.07, 6.45) is 8.45. The first-order valence-corrected chi connectivity index (χ1v) is 11.9. The lowest BCUT2D eigenvalue weighted by atomic mass is 9.97. The number of aromatic nitrogens is 1. The van der Waals surface area contributed by atoms with Crippen molar-refractivity contribution in [1.82, 2.24) is 9.88 Å². The summed E-state index contributed by atoms with van der Waals surface area (Å²) in [6, 6.07) is 6.32. The number of carbonyl (C=O) groups excluding carboxylic acids is 1. The maximum absolute atomic E-state index is 12.8. The number of ether oxygens (including phenoxy) is 1. The van der Waals surface area contributed by atoms with Crippen LogP contribution in [-0.2, 0) is 11.2 Å². The molecule has 1 fully saturated rings. The average Bonchev–Trinajstić information content (AvgIpc) is 3.18. The fourth-order valence-electron chi connectivity index (χ4n) is 4.05. The maximum atomic E-state index is 12.8. The number of anilines is 1. The van der Waals surface area contributed by atoms with Gasteiger partial charge >= 0.3 is 0 Å². The van der Waals surface area contributed by atoms with Gasteiger partial charge in [0.05, 0.1) is 11.5 Å². The van der Waals surface area contributed by atoms with Crippen LogP contribution in [-0.4, -0.2) is 35.5 Å². The van der Waals surface area contributed by atoms with Crippen molar-refractivity contribution in [2.45, 2.75) is 46.0 Å². The van der Waals surface area contributed by atoms with Gasteiger partial charge in [-0.2, -0.15) is 0 Å².